The number of nitrogens with one attached hydrogen (secondary N) is 1. The first-order chi connectivity index (χ1) is 9.17. The first-order valence-corrected chi connectivity index (χ1v) is 6.42. The van der Waals surface area contributed by atoms with Crippen LogP contribution in [0.5, 0.6) is 5.75 Å². The van der Waals surface area contributed by atoms with Crippen molar-refractivity contribution in [1.29, 1.82) is 0 Å². The number of aromatic amines is 1. The van der Waals surface area contributed by atoms with E-state index in [1.165, 1.54) is 27.6 Å². The van der Waals surface area contributed by atoms with Crippen LogP contribution in [0.15, 0.2) is 42.5 Å². The maximum Gasteiger partial charge on any atom is 0.118 e. The van der Waals surface area contributed by atoms with E-state index in [9.17, 15) is 0 Å². The van der Waals surface area contributed by atoms with Gasteiger partial charge in [0.2, 0.25) is 0 Å². The maximum absolute atomic E-state index is 5.19. The van der Waals surface area contributed by atoms with Crippen molar-refractivity contribution in [1.82, 2.24) is 4.98 Å². The van der Waals surface area contributed by atoms with Crippen LogP contribution >= 0.6 is 0 Å². The van der Waals surface area contributed by atoms with Gasteiger partial charge in [0.15, 0.2) is 0 Å². The van der Waals surface area contributed by atoms with Crippen molar-refractivity contribution < 1.29 is 4.74 Å². The fourth-order valence-corrected chi connectivity index (χ4v) is 2.54. The molecule has 0 atom stereocenters. The van der Waals surface area contributed by atoms with Gasteiger partial charge in [-0.25, -0.2) is 0 Å². The Kier molecular flexibility index (Phi) is 2.79. The van der Waals surface area contributed by atoms with Crippen molar-refractivity contribution in [3.8, 4) is 17.0 Å². The van der Waals surface area contributed by atoms with Crippen LogP contribution in [0.4, 0.5) is 0 Å². The zero-order chi connectivity index (χ0) is 13.4. The Bertz CT molecular complexity index is 723. The predicted molar refractivity (Wildman–Crippen MR) is 79.8 cm³/mol. The van der Waals surface area contributed by atoms with Crippen LogP contribution in [0.2, 0.25) is 0 Å². The van der Waals surface area contributed by atoms with E-state index in [4.69, 9.17) is 4.74 Å². The van der Waals surface area contributed by atoms with Crippen LogP contribution in [0.25, 0.3) is 22.2 Å². The third-order valence-corrected chi connectivity index (χ3v) is 3.47. The average Bonchev–Trinajstić information content (AvgIpc) is 2.83. The molecule has 0 aliphatic rings. The van der Waals surface area contributed by atoms with Gasteiger partial charge in [0.05, 0.1) is 7.11 Å². The Balaban J connectivity index is 2.12. The third kappa shape index (κ3) is 2.10. The van der Waals surface area contributed by atoms with Gasteiger partial charge < -0.3 is 9.72 Å². The first-order valence-electron chi connectivity index (χ1n) is 6.42. The molecule has 0 saturated carbocycles. The minimum atomic E-state index is 0.881. The van der Waals surface area contributed by atoms with E-state index in [1.54, 1.807) is 7.11 Å². The fourth-order valence-electron chi connectivity index (χ4n) is 2.54. The molecule has 1 N–H and O–H groups in total. The second kappa shape index (κ2) is 4.47. The third-order valence-electron chi connectivity index (χ3n) is 3.47. The van der Waals surface area contributed by atoms with Crippen LogP contribution in [0.1, 0.15) is 11.1 Å². The van der Waals surface area contributed by atoms with E-state index in [2.05, 4.69) is 49.2 Å². The molecule has 96 valence electrons. The molecule has 0 unspecified atom stereocenters. The van der Waals surface area contributed by atoms with Crippen LogP contribution in [-0.2, 0) is 0 Å². The summed E-state index contributed by atoms with van der Waals surface area (Å²) in [6.45, 7) is 4.27. The molecule has 0 aliphatic heterocycles. The molecular weight excluding hydrogens is 234 g/mol. The number of H-pyrrole nitrogens is 1. The Hall–Kier alpha value is -2.22. The summed E-state index contributed by atoms with van der Waals surface area (Å²) in [5.41, 5.74) is 6.12. The lowest BCUT2D eigenvalue weighted by Gasteiger charge is -2.01. The number of aryl methyl sites for hydroxylation is 2. The van der Waals surface area contributed by atoms with Crippen LogP contribution < -0.4 is 4.74 Å². The average molecular weight is 251 g/mol. The van der Waals surface area contributed by atoms with Crippen molar-refractivity contribution in [2.75, 3.05) is 7.11 Å². The van der Waals surface area contributed by atoms with Gasteiger partial charge in [0.1, 0.15) is 5.75 Å². The summed E-state index contributed by atoms with van der Waals surface area (Å²) in [6, 6.07) is 14.7. The number of fused-ring (bicyclic) bond motifs is 1. The molecule has 0 radical (unpaired) electrons. The van der Waals surface area contributed by atoms with Gasteiger partial charge in [0, 0.05) is 16.6 Å². The topological polar surface area (TPSA) is 25.0 Å². The summed E-state index contributed by atoms with van der Waals surface area (Å²) in [6.07, 6.45) is 0. The number of hydrogen-bond acceptors (Lipinski definition) is 1. The van der Waals surface area contributed by atoms with E-state index < -0.39 is 0 Å². The number of aromatic nitrogens is 1. The van der Waals surface area contributed by atoms with E-state index >= 15 is 0 Å². The van der Waals surface area contributed by atoms with Crippen molar-refractivity contribution >= 4 is 10.9 Å². The summed E-state index contributed by atoms with van der Waals surface area (Å²) >= 11 is 0. The number of rotatable bonds is 2. The minimum absolute atomic E-state index is 0.881. The van der Waals surface area contributed by atoms with E-state index in [0.29, 0.717) is 0 Å². The summed E-state index contributed by atoms with van der Waals surface area (Å²) in [4.78, 5) is 3.50. The predicted octanol–water partition coefficient (Wildman–Crippen LogP) is 4.46. The molecule has 0 bridgehead atoms. The second-order valence-electron chi connectivity index (χ2n) is 4.96. The monoisotopic (exact) mass is 251 g/mol. The lowest BCUT2D eigenvalue weighted by Crippen LogP contribution is -1.82. The van der Waals surface area contributed by atoms with E-state index in [1.807, 2.05) is 12.1 Å². The van der Waals surface area contributed by atoms with Crippen molar-refractivity contribution in [3.63, 3.8) is 0 Å². The van der Waals surface area contributed by atoms with Gasteiger partial charge in [-0.2, -0.15) is 0 Å². The molecular formula is C17H17NO. The molecule has 0 amide bonds. The number of methoxy groups -OCH3 is 1. The number of benzene rings is 2. The lowest BCUT2D eigenvalue weighted by molar-refractivity contribution is 0.415. The van der Waals surface area contributed by atoms with Crippen molar-refractivity contribution in [3.05, 3.63) is 53.6 Å². The van der Waals surface area contributed by atoms with Gasteiger partial charge in [-0.05, 0) is 61.4 Å². The molecule has 0 fully saturated rings. The van der Waals surface area contributed by atoms with Gasteiger partial charge >= 0.3 is 0 Å². The van der Waals surface area contributed by atoms with Crippen molar-refractivity contribution in [2.45, 2.75) is 13.8 Å². The van der Waals surface area contributed by atoms with Gasteiger partial charge in [0.25, 0.3) is 0 Å². The molecule has 19 heavy (non-hydrogen) atoms. The highest BCUT2D eigenvalue weighted by Gasteiger charge is 2.06. The zero-order valence-corrected chi connectivity index (χ0v) is 11.4. The molecule has 1 aromatic heterocycles. The Morgan fingerprint density at radius 1 is 0.947 bits per heavy atom. The largest absolute Gasteiger partial charge is 0.497 e. The van der Waals surface area contributed by atoms with Crippen LogP contribution in [0.3, 0.4) is 0 Å². The highest BCUT2D eigenvalue weighted by molar-refractivity contribution is 5.88. The van der Waals surface area contributed by atoms with E-state index in [0.717, 1.165) is 11.4 Å². The van der Waals surface area contributed by atoms with E-state index in [-0.39, 0.29) is 0 Å². The first kappa shape index (κ1) is 11.8. The highest BCUT2D eigenvalue weighted by Crippen LogP contribution is 2.28. The van der Waals surface area contributed by atoms with Crippen LogP contribution in [-0.4, -0.2) is 12.1 Å². The maximum atomic E-state index is 5.19. The molecule has 1 heterocycles. The summed E-state index contributed by atoms with van der Waals surface area (Å²) in [7, 11) is 1.68. The summed E-state index contributed by atoms with van der Waals surface area (Å²) in [5.74, 6) is 0.881. The normalized spacial score (nSPS) is 10.9. The molecule has 2 nitrogen and oxygen atoms in total. The van der Waals surface area contributed by atoms with Gasteiger partial charge in [-0.3, -0.25) is 0 Å². The SMILES string of the molecule is COc1ccc(-c2cc3cc(C)cc(C)c3[nH]2)cc1. The minimum Gasteiger partial charge on any atom is -0.497 e. The summed E-state index contributed by atoms with van der Waals surface area (Å²) < 4.78 is 5.19. The Labute approximate surface area is 113 Å². The second-order valence-corrected chi connectivity index (χ2v) is 4.96. The molecule has 3 aromatic rings. The van der Waals surface area contributed by atoms with Crippen LogP contribution in [0, 0.1) is 13.8 Å². The fraction of sp³-hybridized carbons (Fsp3) is 0.176. The lowest BCUT2D eigenvalue weighted by atomic mass is 10.1. The number of hydrogen-bond donors (Lipinski definition) is 1. The highest BCUT2D eigenvalue weighted by atomic mass is 16.5. The molecule has 0 saturated heterocycles. The Morgan fingerprint density at radius 3 is 2.37 bits per heavy atom. The molecule has 2 heteroatoms. The smallest absolute Gasteiger partial charge is 0.118 e. The molecule has 2 aromatic carbocycles. The quantitative estimate of drug-likeness (QED) is 0.714. The van der Waals surface area contributed by atoms with Crippen molar-refractivity contribution in [2.24, 2.45) is 0 Å². The Morgan fingerprint density at radius 2 is 1.68 bits per heavy atom. The summed E-state index contributed by atoms with van der Waals surface area (Å²) in [5, 5.41) is 1.27. The zero-order valence-electron chi connectivity index (χ0n) is 11.4. The number of ether oxygens (including phenoxy) is 1. The standard InChI is InChI=1S/C17H17NO/c1-11-8-12(2)17-14(9-11)10-16(18-17)13-4-6-15(19-3)7-5-13/h4-10,18H,1-3H3. The molecule has 3 rings (SSSR count). The van der Waals surface area contributed by atoms with Gasteiger partial charge in [-0.1, -0.05) is 11.6 Å². The molecule has 0 aliphatic carbocycles. The van der Waals surface area contributed by atoms with Gasteiger partial charge in [-0.15, -0.1) is 0 Å². The molecule has 0 spiro atoms.